The first kappa shape index (κ1) is 17.0. The van der Waals surface area contributed by atoms with Crippen molar-refractivity contribution in [2.45, 2.75) is 6.54 Å². The average Bonchev–Trinajstić information content (AvgIpc) is 2.87. The molecule has 0 fully saturated rings. The normalized spacial score (nSPS) is 13.5. The Balaban J connectivity index is 1.61. The van der Waals surface area contributed by atoms with Crippen LogP contribution in [0.2, 0.25) is 0 Å². The van der Waals surface area contributed by atoms with Crippen LogP contribution in [0.3, 0.4) is 0 Å². The average molecular weight is 358 g/mol. The molecule has 0 saturated carbocycles. The maximum absolute atomic E-state index is 13.0. The van der Waals surface area contributed by atoms with Gasteiger partial charge in [0.25, 0.3) is 5.91 Å². The number of ether oxygens (including phenoxy) is 1. The van der Waals surface area contributed by atoms with E-state index in [0.29, 0.717) is 36.6 Å². The van der Waals surface area contributed by atoms with Crippen LogP contribution in [0.4, 0.5) is 0 Å². The minimum absolute atomic E-state index is 0.0692. The zero-order valence-electron chi connectivity index (χ0n) is 14.7. The van der Waals surface area contributed by atoms with Crippen molar-refractivity contribution in [1.29, 1.82) is 0 Å². The molecule has 0 bridgehead atoms. The molecule has 5 heteroatoms. The van der Waals surface area contributed by atoms with Crippen molar-refractivity contribution >= 4 is 12.2 Å². The SMILES string of the molecule is O=Cc1cccc(CN2CCOc3cc(-c4ccncc4)ccc3C2=O)c1. The summed E-state index contributed by atoms with van der Waals surface area (Å²) in [5.74, 6) is 0.527. The first-order valence-corrected chi connectivity index (χ1v) is 8.75. The molecule has 27 heavy (non-hydrogen) atoms. The number of aldehydes is 1. The van der Waals surface area contributed by atoms with Gasteiger partial charge in [-0.05, 0) is 47.0 Å². The fraction of sp³-hybridized carbons (Fsp3) is 0.136. The zero-order chi connectivity index (χ0) is 18.6. The number of hydrogen-bond donors (Lipinski definition) is 0. The van der Waals surface area contributed by atoms with Crippen molar-refractivity contribution in [3.8, 4) is 16.9 Å². The second-order valence-electron chi connectivity index (χ2n) is 6.38. The van der Waals surface area contributed by atoms with Gasteiger partial charge in [0.2, 0.25) is 0 Å². The molecule has 2 aromatic carbocycles. The van der Waals surface area contributed by atoms with Gasteiger partial charge in [0.05, 0.1) is 12.1 Å². The van der Waals surface area contributed by atoms with E-state index in [1.165, 1.54) is 0 Å². The van der Waals surface area contributed by atoms with Gasteiger partial charge in [0.15, 0.2) is 0 Å². The molecule has 3 aromatic rings. The van der Waals surface area contributed by atoms with E-state index in [9.17, 15) is 9.59 Å². The van der Waals surface area contributed by atoms with Crippen molar-refractivity contribution in [3.63, 3.8) is 0 Å². The van der Waals surface area contributed by atoms with Crippen molar-refractivity contribution in [2.75, 3.05) is 13.2 Å². The lowest BCUT2D eigenvalue weighted by atomic mass is 10.0. The Hall–Kier alpha value is -3.47. The molecule has 1 amide bonds. The molecular formula is C22H18N2O3. The molecule has 0 spiro atoms. The highest BCUT2D eigenvalue weighted by molar-refractivity contribution is 5.98. The summed E-state index contributed by atoms with van der Waals surface area (Å²) >= 11 is 0. The fourth-order valence-corrected chi connectivity index (χ4v) is 3.22. The summed E-state index contributed by atoms with van der Waals surface area (Å²) in [5, 5.41) is 0. The molecule has 0 radical (unpaired) electrons. The highest BCUT2D eigenvalue weighted by atomic mass is 16.5. The number of hydrogen-bond acceptors (Lipinski definition) is 4. The first-order valence-electron chi connectivity index (χ1n) is 8.75. The van der Waals surface area contributed by atoms with E-state index in [-0.39, 0.29) is 5.91 Å². The third-order valence-corrected chi connectivity index (χ3v) is 4.59. The lowest BCUT2D eigenvalue weighted by molar-refractivity contribution is 0.0743. The Morgan fingerprint density at radius 3 is 2.70 bits per heavy atom. The van der Waals surface area contributed by atoms with E-state index in [1.807, 2.05) is 42.5 Å². The van der Waals surface area contributed by atoms with Crippen LogP contribution in [0, 0.1) is 0 Å². The fourth-order valence-electron chi connectivity index (χ4n) is 3.22. The second-order valence-corrected chi connectivity index (χ2v) is 6.38. The molecule has 0 N–H and O–H groups in total. The maximum Gasteiger partial charge on any atom is 0.258 e. The Morgan fingerprint density at radius 1 is 1.04 bits per heavy atom. The number of pyridine rings is 1. The number of fused-ring (bicyclic) bond motifs is 1. The summed E-state index contributed by atoms with van der Waals surface area (Å²) in [4.78, 5) is 29.8. The van der Waals surface area contributed by atoms with Gasteiger partial charge in [-0.3, -0.25) is 14.6 Å². The second kappa shape index (κ2) is 7.41. The van der Waals surface area contributed by atoms with Gasteiger partial charge in [-0.15, -0.1) is 0 Å². The topological polar surface area (TPSA) is 59.5 Å². The third-order valence-electron chi connectivity index (χ3n) is 4.59. The van der Waals surface area contributed by atoms with E-state index >= 15 is 0 Å². The zero-order valence-corrected chi connectivity index (χ0v) is 14.7. The molecule has 0 aliphatic carbocycles. The smallest absolute Gasteiger partial charge is 0.258 e. The number of amides is 1. The first-order chi connectivity index (χ1) is 13.2. The van der Waals surface area contributed by atoms with Crippen LogP contribution in [-0.4, -0.2) is 35.2 Å². The van der Waals surface area contributed by atoms with Crippen LogP contribution in [0.5, 0.6) is 5.75 Å². The van der Waals surface area contributed by atoms with Crippen molar-refractivity contribution in [2.24, 2.45) is 0 Å². The number of benzene rings is 2. The number of carbonyl (C=O) groups is 2. The predicted octanol–water partition coefficient (Wildman–Crippen LogP) is 3.60. The molecule has 0 atom stereocenters. The third kappa shape index (κ3) is 3.58. The van der Waals surface area contributed by atoms with Crippen LogP contribution < -0.4 is 4.74 Å². The van der Waals surface area contributed by atoms with Gasteiger partial charge < -0.3 is 9.64 Å². The van der Waals surface area contributed by atoms with E-state index in [1.54, 1.807) is 29.4 Å². The number of aromatic nitrogens is 1. The van der Waals surface area contributed by atoms with Gasteiger partial charge >= 0.3 is 0 Å². The molecule has 2 heterocycles. The minimum atomic E-state index is -0.0692. The van der Waals surface area contributed by atoms with Gasteiger partial charge in [0, 0.05) is 24.5 Å². The lowest BCUT2D eigenvalue weighted by Gasteiger charge is -2.20. The molecule has 134 valence electrons. The highest BCUT2D eigenvalue weighted by Crippen LogP contribution is 2.30. The maximum atomic E-state index is 13.0. The summed E-state index contributed by atoms with van der Waals surface area (Å²) < 4.78 is 5.86. The molecule has 4 rings (SSSR count). The van der Waals surface area contributed by atoms with E-state index in [0.717, 1.165) is 23.0 Å². The minimum Gasteiger partial charge on any atom is -0.491 e. The Morgan fingerprint density at radius 2 is 1.89 bits per heavy atom. The quantitative estimate of drug-likeness (QED) is 0.669. The van der Waals surface area contributed by atoms with Crippen molar-refractivity contribution in [1.82, 2.24) is 9.88 Å². The summed E-state index contributed by atoms with van der Waals surface area (Å²) in [7, 11) is 0. The van der Waals surface area contributed by atoms with Crippen LogP contribution >= 0.6 is 0 Å². The van der Waals surface area contributed by atoms with Crippen molar-refractivity contribution in [3.05, 3.63) is 83.7 Å². The predicted molar refractivity (Wildman–Crippen MR) is 102 cm³/mol. The van der Waals surface area contributed by atoms with E-state index in [2.05, 4.69) is 4.98 Å². The van der Waals surface area contributed by atoms with Crippen LogP contribution in [-0.2, 0) is 6.54 Å². The molecule has 0 saturated heterocycles. The van der Waals surface area contributed by atoms with Crippen LogP contribution in [0.15, 0.2) is 67.0 Å². The molecule has 1 aromatic heterocycles. The molecule has 1 aliphatic rings. The van der Waals surface area contributed by atoms with Crippen LogP contribution in [0.25, 0.3) is 11.1 Å². The summed E-state index contributed by atoms with van der Waals surface area (Å²) in [6.45, 7) is 1.35. The summed E-state index contributed by atoms with van der Waals surface area (Å²) in [6, 6.07) is 16.8. The molecular weight excluding hydrogens is 340 g/mol. The standard InChI is InChI=1S/C22H18N2O3/c25-15-17-3-1-2-16(12-17)14-24-10-11-27-21-13-19(4-5-20(21)22(24)26)18-6-8-23-9-7-18/h1-9,12-13,15H,10-11,14H2. The summed E-state index contributed by atoms with van der Waals surface area (Å²) in [6.07, 6.45) is 4.29. The number of rotatable bonds is 4. The molecule has 0 unspecified atom stereocenters. The Kier molecular flexibility index (Phi) is 4.66. The van der Waals surface area contributed by atoms with Crippen molar-refractivity contribution < 1.29 is 14.3 Å². The molecule has 1 aliphatic heterocycles. The highest BCUT2D eigenvalue weighted by Gasteiger charge is 2.24. The van der Waals surface area contributed by atoms with Gasteiger partial charge in [-0.1, -0.05) is 24.3 Å². The summed E-state index contributed by atoms with van der Waals surface area (Å²) in [5.41, 5.74) is 4.08. The molecule has 5 nitrogen and oxygen atoms in total. The monoisotopic (exact) mass is 358 g/mol. The number of carbonyl (C=O) groups excluding carboxylic acids is 2. The van der Waals surface area contributed by atoms with E-state index in [4.69, 9.17) is 4.74 Å². The van der Waals surface area contributed by atoms with Gasteiger partial charge in [-0.25, -0.2) is 0 Å². The largest absolute Gasteiger partial charge is 0.491 e. The van der Waals surface area contributed by atoms with Crippen LogP contribution in [0.1, 0.15) is 26.3 Å². The van der Waals surface area contributed by atoms with E-state index < -0.39 is 0 Å². The lowest BCUT2D eigenvalue weighted by Crippen LogP contribution is -2.31. The Labute approximate surface area is 157 Å². The Bertz CT molecular complexity index is 986. The van der Waals surface area contributed by atoms with Gasteiger partial charge in [0.1, 0.15) is 18.6 Å². The number of nitrogens with zero attached hydrogens (tertiary/aromatic N) is 2. The van der Waals surface area contributed by atoms with Gasteiger partial charge in [-0.2, -0.15) is 0 Å².